The molecule has 0 radical (unpaired) electrons. The lowest BCUT2D eigenvalue weighted by atomic mass is 9.71. The highest BCUT2D eigenvalue weighted by molar-refractivity contribution is 7.92. The van der Waals surface area contributed by atoms with Crippen molar-refractivity contribution in [2.45, 2.75) is 49.0 Å². The fourth-order valence-electron chi connectivity index (χ4n) is 3.91. The first kappa shape index (κ1) is 25.5. The van der Waals surface area contributed by atoms with Crippen LogP contribution in [0.25, 0.3) is 0 Å². The van der Waals surface area contributed by atoms with E-state index in [-0.39, 0.29) is 15.2 Å². The summed E-state index contributed by atoms with van der Waals surface area (Å²) in [6, 6.07) is 12.3. The normalized spacial score (nSPS) is 17.2. The Hall–Kier alpha value is -2.14. The van der Waals surface area contributed by atoms with Gasteiger partial charge < -0.3 is 10.0 Å². The molecule has 0 unspecified atom stereocenters. The van der Waals surface area contributed by atoms with Crippen LogP contribution in [0.15, 0.2) is 58.3 Å². The highest BCUT2D eigenvalue weighted by Crippen LogP contribution is 2.40. The number of benzene rings is 2. The molecular formula is C23H33N3O5S2. The van der Waals surface area contributed by atoms with Gasteiger partial charge in [0.1, 0.15) is 0 Å². The number of anilines is 2. The Morgan fingerprint density at radius 2 is 1.42 bits per heavy atom. The molecule has 0 amide bonds. The van der Waals surface area contributed by atoms with Crippen molar-refractivity contribution in [3.63, 3.8) is 0 Å². The molecule has 33 heavy (non-hydrogen) atoms. The second-order valence-electron chi connectivity index (χ2n) is 9.65. The van der Waals surface area contributed by atoms with E-state index in [0.717, 1.165) is 9.99 Å². The number of rotatable bonds is 6. The van der Waals surface area contributed by atoms with Crippen LogP contribution in [0.4, 0.5) is 11.4 Å². The van der Waals surface area contributed by atoms with Gasteiger partial charge in [0, 0.05) is 27.2 Å². The molecule has 2 aromatic carbocycles. The van der Waals surface area contributed by atoms with Gasteiger partial charge in [-0.3, -0.25) is 4.72 Å². The first-order chi connectivity index (χ1) is 15.2. The van der Waals surface area contributed by atoms with Gasteiger partial charge >= 0.3 is 0 Å². The summed E-state index contributed by atoms with van der Waals surface area (Å²) in [7, 11) is -4.75. The molecule has 2 N–H and O–H groups in total. The molecule has 1 aliphatic heterocycles. The van der Waals surface area contributed by atoms with Crippen molar-refractivity contribution >= 4 is 31.4 Å². The molecule has 1 saturated heterocycles. The smallest absolute Gasteiger partial charge is 0.261 e. The molecule has 0 aromatic heterocycles. The molecule has 0 bridgehead atoms. The van der Waals surface area contributed by atoms with E-state index in [0.29, 0.717) is 31.6 Å². The number of hydrogen-bond acceptors (Lipinski definition) is 6. The fraction of sp³-hybridized carbons (Fsp3) is 0.478. The maximum absolute atomic E-state index is 13.0. The highest BCUT2D eigenvalue weighted by Gasteiger charge is 2.42. The molecule has 3 rings (SSSR count). The Labute approximate surface area is 197 Å². The van der Waals surface area contributed by atoms with Crippen LogP contribution in [0.2, 0.25) is 0 Å². The van der Waals surface area contributed by atoms with Crippen LogP contribution in [0.5, 0.6) is 0 Å². The van der Waals surface area contributed by atoms with E-state index in [4.69, 9.17) is 0 Å². The summed E-state index contributed by atoms with van der Waals surface area (Å²) in [4.78, 5) is 2.06. The van der Waals surface area contributed by atoms with Crippen LogP contribution in [-0.4, -0.2) is 59.0 Å². The first-order valence-corrected chi connectivity index (χ1v) is 13.7. The Morgan fingerprint density at radius 1 is 0.909 bits per heavy atom. The molecule has 1 aliphatic rings. The second-order valence-corrected chi connectivity index (χ2v) is 13.5. The average molecular weight is 496 g/mol. The van der Waals surface area contributed by atoms with E-state index in [1.807, 2.05) is 32.9 Å². The SMILES string of the molecule is CN(C)S(=O)(=O)c1ccc(S(=O)(=O)Nc2ccccc2N2CCC(O)(C(C)(C)C)CC2)cc1. The third-order valence-electron chi connectivity index (χ3n) is 6.39. The van der Waals surface area contributed by atoms with Crippen LogP contribution < -0.4 is 9.62 Å². The zero-order valence-corrected chi connectivity index (χ0v) is 21.4. The van der Waals surface area contributed by atoms with E-state index in [9.17, 15) is 21.9 Å². The van der Waals surface area contributed by atoms with Crippen LogP contribution in [0, 0.1) is 5.41 Å². The molecule has 8 nitrogen and oxygen atoms in total. The monoisotopic (exact) mass is 495 g/mol. The fourth-order valence-corrected chi connectivity index (χ4v) is 5.88. The van der Waals surface area contributed by atoms with E-state index in [1.54, 1.807) is 12.1 Å². The first-order valence-electron chi connectivity index (χ1n) is 10.8. The number of nitrogens with zero attached hydrogens (tertiary/aromatic N) is 2. The van der Waals surface area contributed by atoms with Gasteiger partial charge in [0.25, 0.3) is 10.0 Å². The van der Waals surface area contributed by atoms with Crippen molar-refractivity contribution in [3.8, 4) is 0 Å². The van der Waals surface area contributed by atoms with Gasteiger partial charge in [-0.15, -0.1) is 0 Å². The van der Waals surface area contributed by atoms with Gasteiger partial charge in [-0.25, -0.2) is 21.1 Å². The molecular weight excluding hydrogens is 462 g/mol. The van der Waals surface area contributed by atoms with Crippen molar-refractivity contribution in [2.75, 3.05) is 36.8 Å². The molecule has 0 spiro atoms. The van der Waals surface area contributed by atoms with E-state index in [2.05, 4.69) is 9.62 Å². The van der Waals surface area contributed by atoms with Crippen molar-refractivity contribution in [2.24, 2.45) is 5.41 Å². The summed E-state index contributed by atoms with van der Waals surface area (Å²) in [5.74, 6) is 0. The number of hydrogen-bond donors (Lipinski definition) is 2. The lowest BCUT2D eigenvalue weighted by Gasteiger charge is -2.47. The van der Waals surface area contributed by atoms with Crippen molar-refractivity contribution in [3.05, 3.63) is 48.5 Å². The van der Waals surface area contributed by atoms with Gasteiger partial charge in [0.2, 0.25) is 10.0 Å². The number of nitrogens with one attached hydrogen (secondary N) is 1. The number of sulfonamides is 2. The van der Waals surface area contributed by atoms with Crippen LogP contribution in [0.1, 0.15) is 33.6 Å². The summed E-state index contributed by atoms with van der Waals surface area (Å²) in [5.41, 5.74) is 0.159. The van der Waals surface area contributed by atoms with Gasteiger partial charge in [-0.05, 0) is 54.7 Å². The molecule has 0 aliphatic carbocycles. The molecule has 1 heterocycles. The number of para-hydroxylation sites is 2. The van der Waals surface area contributed by atoms with Crippen LogP contribution in [-0.2, 0) is 20.0 Å². The predicted molar refractivity (Wildman–Crippen MR) is 130 cm³/mol. The maximum Gasteiger partial charge on any atom is 0.261 e. The lowest BCUT2D eigenvalue weighted by molar-refractivity contribution is -0.0753. The van der Waals surface area contributed by atoms with Gasteiger partial charge in [-0.2, -0.15) is 0 Å². The standard InChI is InChI=1S/C23H33N3O5S2/c1-22(2,3)23(27)14-16-26(17-15-23)21-9-7-6-8-20(21)24-32(28,29)18-10-12-19(13-11-18)33(30,31)25(4)5/h6-13,24,27H,14-17H2,1-5H3. The van der Waals surface area contributed by atoms with E-state index >= 15 is 0 Å². The maximum atomic E-state index is 13.0. The molecule has 10 heteroatoms. The minimum Gasteiger partial charge on any atom is -0.389 e. The van der Waals surface area contributed by atoms with Gasteiger partial charge in [-0.1, -0.05) is 32.9 Å². The van der Waals surface area contributed by atoms with Crippen LogP contribution in [0.3, 0.4) is 0 Å². The Morgan fingerprint density at radius 3 is 1.94 bits per heavy atom. The summed E-state index contributed by atoms with van der Waals surface area (Å²) in [6.07, 6.45) is 1.17. The largest absolute Gasteiger partial charge is 0.389 e. The second kappa shape index (κ2) is 8.90. The topological polar surface area (TPSA) is 107 Å². The molecule has 182 valence electrons. The summed E-state index contributed by atoms with van der Waals surface area (Å²) in [5, 5.41) is 11.0. The quantitative estimate of drug-likeness (QED) is 0.638. The predicted octanol–water partition coefficient (Wildman–Crippen LogP) is 3.12. The zero-order valence-electron chi connectivity index (χ0n) is 19.7. The summed E-state index contributed by atoms with van der Waals surface area (Å²) < 4.78 is 54.3. The highest BCUT2D eigenvalue weighted by atomic mass is 32.2. The van der Waals surface area contributed by atoms with Crippen molar-refractivity contribution in [1.29, 1.82) is 0 Å². The van der Waals surface area contributed by atoms with E-state index in [1.165, 1.54) is 38.4 Å². The third-order valence-corrected chi connectivity index (χ3v) is 9.60. The minimum absolute atomic E-state index is 0.0199. The molecule has 2 aromatic rings. The third kappa shape index (κ3) is 5.18. The lowest BCUT2D eigenvalue weighted by Crippen LogP contribution is -2.52. The van der Waals surface area contributed by atoms with Gasteiger partial charge in [0.05, 0.1) is 26.8 Å². The minimum atomic E-state index is -3.94. The van der Waals surface area contributed by atoms with E-state index < -0.39 is 25.6 Å². The molecule has 1 fully saturated rings. The Balaban J connectivity index is 1.82. The Kier molecular flexibility index (Phi) is 6.87. The van der Waals surface area contributed by atoms with Crippen LogP contribution >= 0.6 is 0 Å². The summed E-state index contributed by atoms with van der Waals surface area (Å²) >= 11 is 0. The van der Waals surface area contributed by atoms with Gasteiger partial charge in [0.15, 0.2) is 0 Å². The molecule has 0 atom stereocenters. The summed E-state index contributed by atoms with van der Waals surface area (Å²) in [6.45, 7) is 7.28. The zero-order chi connectivity index (χ0) is 24.7. The average Bonchev–Trinajstić information content (AvgIpc) is 2.74. The van der Waals surface area contributed by atoms with Crippen molar-refractivity contribution in [1.82, 2.24) is 4.31 Å². The Bertz CT molecular complexity index is 1190. The van der Waals surface area contributed by atoms with Crippen molar-refractivity contribution < 1.29 is 21.9 Å². The number of piperidine rings is 1. The molecule has 0 saturated carbocycles. The number of aliphatic hydroxyl groups is 1.